The molecule has 1 aromatic carbocycles. The molecule has 1 rings (SSSR count). The van der Waals surface area contributed by atoms with E-state index in [9.17, 15) is 0 Å². The van der Waals surface area contributed by atoms with Crippen LogP contribution in [0.4, 0.5) is 0 Å². The molecule has 0 bridgehead atoms. The number of ether oxygens (including phenoxy) is 2. The van der Waals surface area contributed by atoms with Crippen LogP contribution in [0.1, 0.15) is 5.56 Å². The van der Waals surface area contributed by atoms with Gasteiger partial charge in [0.25, 0.3) is 0 Å². The first-order valence-electron chi connectivity index (χ1n) is 4.36. The van der Waals surface area contributed by atoms with Crippen molar-refractivity contribution in [1.82, 2.24) is 0 Å². The van der Waals surface area contributed by atoms with Gasteiger partial charge in [-0.15, -0.1) is 0 Å². The first-order chi connectivity index (χ1) is 6.43. The van der Waals surface area contributed by atoms with Crippen molar-refractivity contribution < 1.29 is 9.47 Å². The van der Waals surface area contributed by atoms with E-state index in [0.717, 1.165) is 0 Å². The van der Waals surface area contributed by atoms with Gasteiger partial charge in [-0.05, 0) is 5.56 Å². The van der Waals surface area contributed by atoms with Gasteiger partial charge >= 0.3 is 0 Å². The number of methoxy groups -OCH3 is 1. The minimum Gasteiger partial charge on any atom is -0.384 e. The highest BCUT2D eigenvalue weighted by Gasteiger charge is 1.91. The Balaban J connectivity index is 2.07. The smallest absolute Gasteiger partial charge is 0.0717 e. The SMILES string of the molecule is COC[CH]COCc1ccccc1. The summed E-state index contributed by atoms with van der Waals surface area (Å²) in [5, 5.41) is 0. The van der Waals surface area contributed by atoms with Crippen LogP contribution in [0.15, 0.2) is 30.3 Å². The molecule has 0 atom stereocenters. The molecule has 0 N–H and O–H groups in total. The number of hydrogen-bond acceptors (Lipinski definition) is 2. The third kappa shape index (κ3) is 4.65. The minimum atomic E-state index is 0.642. The summed E-state index contributed by atoms with van der Waals surface area (Å²) in [6.45, 7) is 1.96. The lowest BCUT2D eigenvalue weighted by Crippen LogP contribution is -1.99. The molecule has 1 radical (unpaired) electrons. The molecule has 71 valence electrons. The van der Waals surface area contributed by atoms with E-state index in [4.69, 9.17) is 9.47 Å². The normalized spacial score (nSPS) is 10.2. The van der Waals surface area contributed by atoms with E-state index in [1.807, 2.05) is 24.6 Å². The summed E-state index contributed by atoms with van der Waals surface area (Å²) in [5.74, 6) is 0. The lowest BCUT2D eigenvalue weighted by atomic mass is 10.2. The second-order valence-corrected chi connectivity index (χ2v) is 2.74. The molecule has 0 saturated heterocycles. The van der Waals surface area contributed by atoms with E-state index >= 15 is 0 Å². The van der Waals surface area contributed by atoms with Gasteiger partial charge in [-0.25, -0.2) is 0 Å². The number of benzene rings is 1. The summed E-state index contributed by atoms with van der Waals surface area (Å²) in [6.07, 6.45) is 1.96. The van der Waals surface area contributed by atoms with E-state index in [1.165, 1.54) is 5.56 Å². The number of rotatable bonds is 6. The topological polar surface area (TPSA) is 18.5 Å². The van der Waals surface area contributed by atoms with Crippen LogP contribution in [0.2, 0.25) is 0 Å². The largest absolute Gasteiger partial charge is 0.384 e. The van der Waals surface area contributed by atoms with Crippen molar-refractivity contribution in [3.05, 3.63) is 42.3 Å². The molecule has 0 aliphatic rings. The van der Waals surface area contributed by atoms with Crippen LogP contribution >= 0.6 is 0 Å². The maximum Gasteiger partial charge on any atom is 0.0717 e. The summed E-state index contributed by atoms with van der Waals surface area (Å²) in [7, 11) is 1.67. The molecule has 0 saturated carbocycles. The quantitative estimate of drug-likeness (QED) is 0.622. The summed E-state index contributed by atoms with van der Waals surface area (Å²) in [4.78, 5) is 0. The molecular formula is C11H15O2. The van der Waals surface area contributed by atoms with Gasteiger partial charge in [0.1, 0.15) is 0 Å². The minimum absolute atomic E-state index is 0.642. The van der Waals surface area contributed by atoms with Crippen LogP contribution in [0.3, 0.4) is 0 Å². The van der Waals surface area contributed by atoms with Crippen LogP contribution in [0.5, 0.6) is 0 Å². The highest BCUT2D eigenvalue weighted by Crippen LogP contribution is 2.00. The summed E-state index contributed by atoms with van der Waals surface area (Å²) < 4.78 is 10.2. The maximum absolute atomic E-state index is 5.39. The Hall–Kier alpha value is -0.860. The zero-order valence-corrected chi connectivity index (χ0v) is 7.90. The first-order valence-corrected chi connectivity index (χ1v) is 4.36. The van der Waals surface area contributed by atoms with Crippen molar-refractivity contribution in [2.45, 2.75) is 6.61 Å². The molecule has 13 heavy (non-hydrogen) atoms. The monoisotopic (exact) mass is 179 g/mol. The van der Waals surface area contributed by atoms with E-state index in [1.54, 1.807) is 7.11 Å². The molecule has 0 aromatic heterocycles. The van der Waals surface area contributed by atoms with Crippen molar-refractivity contribution >= 4 is 0 Å². The van der Waals surface area contributed by atoms with Crippen LogP contribution in [0.25, 0.3) is 0 Å². The van der Waals surface area contributed by atoms with Crippen molar-refractivity contribution in [2.75, 3.05) is 20.3 Å². The van der Waals surface area contributed by atoms with Crippen LogP contribution in [-0.4, -0.2) is 20.3 Å². The van der Waals surface area contributed by atoms with Gasteiger partial charge in [-0.3, -0.25) is 0 Å². The molecule has 2 heteroatoms. The fourth-order valence-electron chi connectivity index (χ4n) is 1.00. The van der Waals surface area contributed by atoms with E-state index < -0.39 is 0 Å². The molecular weight excluding hydrogens is 164 g/mol. The van der Waals surface area contributed by atoms with E-state index in [2.05, 4.69) is 12.1 Å². The summed E-state index contributed by atoms with van der Waals surface area (Å²) in [5.41, 5.74) is 1.20. The Bertz CT molecular complexity index is 209. The average molecular weight is 179 g/mol. The van der Waals surface area contributed by atoms with E-state index in [-0.39, 0.29) is 0 Å². The molecule has 0 spiro atoms. The van der Waals surface area contributed by atoms with Crippen molar-refractivity contribution in [3.8, 4) is 0 Å². The summed E-state index contributed by atoms with van der Waals surface area (Å²) in [6, 6.07) is 10.1. The molecule has 0 aliphatic heterocycles. The Morgan fingerprint density at radius 1 is 1.15 bits per heavy atom. The lowest BCUT2D eigenvalue weighted by Gasteiger charge is -2.02. The van der Waals surface area contributed by atoms with Gasteiger partial charge in [0.2, 0.25) is 0 Å². The zero-order valence-electron chi connectivity index (χ0n) is 7.90. The van der Waals surface area contributed by atoms with Gasteiger partial charge in [0.05, 0.1) is 19.8 Å². The third-order valence-electron chi connectivity index (χ3n) is 1.63. The molecule has 0 amide bonds. The second-order valence-electron chi connectivity index (χ2n) is 2.74. The predicted molar refractivity (Wildman–Crippen MR) is 52.3 cm³/mol. The average Bonchev–Trinajstić information content (AvgIpc) is 2.19. The van der Waals surface area contributed by atoms with Crippen LogP contribution < -0.4 is 0 Å². The molecule has 0 fully saturated rings. The highest BCUT2D eigenvalue weighted by molar-refractivity contribution is 5.13. The van der Waals surface area contributed by atoms with E-state index in [0.29, 0.717) is 19.8 Å². The van der Waals surface area contributed by atoms with Crippen molar-refractivity contribution in [2.24, 2.45) is 0 Å². The third-order valence-corrected chi connectivity index (χ3v) is 1.63. The van der Waals surface area contributed by atoms with Gasteiger partial charge in [0, 0.05) is 13.5 Å². The maximum atomic E-state index is 5.39. The molecule has 0 unspecified atom stereocenters. The van der Waals surface area contributed by atoms with Gasteiger partial charge in [-0.1, -0.05) is 30.3 Å². The van der Waals surface area contributed by atoms with Crippen molar-refractivity contribution in [1.29, 1.82) is 0 Å². The molecule has 1 aromatic rings. The predicted octanol–water partition coefficient (Wildman–Crippen LogP) is 2.05. The zero-order chi connectivity index (χ0) is 9.36. The summed E-state index contributed by atoms with van der Waals surface area (Å²) >= 11 is 0. The standard InChI is InChI=1S/C11H15O2/c1-12-8-5-9-13-10-11-6-3-2-4-7-11/h2-7H,8-10H2,1H3. The van der Waals surface area contributed by atoms with Crippen LogP contribution in [-0.2, 0) is 16.1 Å². The highest BCUT2D eigenvalue weighted by atomic mass is 16.5. The Morgan fingerprint density at radius 3 is 2.62 bits per heavy atom. The first kappa shape index (κ1) is 10.2. The molecule has 2 nitrogen and oxygen atoms in total. The van der Waals surface area contributed by atoms with Gasteiger partial charge < -0.3 is 9.47 Å². The number of hydrogen-bond donors (Lipinski definition) is 0. The lowest BCUT2D eigenvalue weighted by molar-refractivity contribution is 0.124. The molecule has 0 heterocycles. The fourth-order valence-corrected chi connectivity index (χ4v) is 1.00. The Morgan fingerprint density at radius 2 is 1.92 bits per heavy atom. The van der Waals surface area contributed by atoms with Crippen LogP contribution in [0, 0.1) is 6.42 Å². The Kier molecular flexibility index (Phi) is 5.22. The van der Waals surface area contributed by atoms with Crippen molar-refractivity contribution in [3.63, 3.8) is 0 Å². The molecule has 0 aliphatic carbocycles. The second kappa shape index (κ2) is 6.63. The van der Waals surface area contributed by atoms with Gasteiger partial charge in [0.15, 0.2) is 0 Å². The van der Waals surface area contributed by atoms with Gasteiger partial charge in [-0.2, -0.15) is 0 Å². The Labute approximate surface area is 79.5 Å². The fraction of sp³-hybridized carbons (Fsp3) is 0.364.